The molecule has 2 aromatic rings. The lowest BCUT2D eigenvalue weighted by atomic mass is 9.94. The van der Waals surface area contributed by atoms with Gasteiger partial charge in [0.1, 0.15) is 4.90 Å². The van der Waals surface area contributed by atoms with Crippen LogP contribution in [-0.2, 0) is 16.3 Å². The van der Waals surface area contributed by atoms with E-state index in [0.29, 0.717) is 25.2 Å². The molecule has 3 rings (SSSR count). The van der Waals surface area contributed by atoms with Gasteiger partial charge >= 0.3 is 0 Å². The maximum Gasteiger partial charge on any atom is 0.292 e. The monoisotopic (exact) mass is 352 g/mol. The number of carbonyl (C=O) groups excluding carboxylic acids is 1. The van der Waals surface area contributed by atoms with Crippen LogP contribution < -0.4 is 0 Å². The fourth-order valence-electron chi connectivity index (χ4n) is 3.01. The molecule has 0 aromatic carbocycles. The maximum absolute atomic E-state index is 12.6. The van der Waals surface area contributed by atoms with Gasteiger partial charge in [0.05, 0.1) is 17.6 Å². The fraction of sp³-hybridized carbons (Fsp3) is 0.533. The standard InChI is InChI=1S/C15H20N4O4S/c1-3-11-7-12(23-18-11)15(20)19-6-4-5-10(9-19)14-13(8-16-17-14)24(2,21)22/h7-8,10H,3-6,9H2,1-2H3,(H,16,17)/t10-/m1/s1. The highest BCUT2D eigenvalue weighted by molar-refractivity contribution is 7.90. The van der Waals surface area contributed by atoms with Gasteiger partial charge < -0.3 is 9.42 Å². The summed E-state index contributed by atoms with van der Waals surface area (Å²) in [5.74, 6) is -0.0868. The molecule has 0 bridgehead atoms. The summed E-state index contributed by atoms with van der Waals surface area (Å²) >= 11 is 0. The first-order valence-electron chi connectivity index (χ1n) is 7.88. The van der Waals surface area contributed by atoms with E-state index in [1.165, 1.54) is 6.20 Å². The third kappa shape index (κ3) is 3.21. The summed E-state index contributed by atoms with van der Waals surface area (Å²) in [4.78, 5) is 14.5. The van der Waals surface area contributed by atoms with Crippen molar-refractivity contribution in [1.29, 1.82) is 0 Å². The van der Waals surface area contributed by atoms with Crippen molar-refractivity contribution in [3.8, 4) is 0 Å². The average molecular weight is 352 g/mol. The van der Waals surface area contributed by atoms with Crippen molar-refractivity contribution in [2.45, 2.75) is 37.0 Å². The number of rotatable bonds is 4. The molecule has 1 fully saturated rings. The Balaban J connectivity index is 1.80. The Kier molecular flexibility index (Phi) is 4.44. The molecule has 9 heteroatoms. The van der Waals surface area contributed by atoms with E-state index in [9.17, 15) is 13.2 Å². The molecular formula is C15H20N4O4S. The molecule has 0 spiro atoms. The first-order chi connectivity index (χ1) is 11.4. The molecule has 1 aliphatic heterocycles. The third-order valence-electron chi connectivity index (χ3n) is 4.28. The van der Waals surface area contributed by atoms with Crippen molar-refractivity contribution in [2.75, 3.05) is 19.3 Å². The normalized spacial score (nSPS) is 18.8. The number of piperidine rings is 1. The summed E-state index contributed by atoms with van der Waals surface area (Å²) in [5, 5.41) is 10.5. The number of aromatic nitrogens is 3. The summed E-state index contributed by atoms with van der Waals surface area (Å²) in [6.45, 7) is 2.97. The molecule has 130 valence electrons. The van der Waals surface area contributed by atoms with E-state index in [1.807, 2.05) is 6.92 Å². The van der Waals surface area contributed by atoms with E-state index in [1.54, 1.807) is 11.0 Å². The smallest absolute Gasteiger partial charge is 0.292 e. The summed E-state index contributed by atoms with van der Waals surface area (Å²) in [6.07, 6.45) is 4.77. The minimum absolute atomic E-state index is 0.0940. The number of carbonyl (C=O) groups is 1. The molecule has 0 saturated carbocycles. The van der Waals surface area contributed by atoms with Crippen LogP contribution in [0.15, 0.2) is 21.7 Å². The zero-order valence-corrected chi connectivity index (χ0v) is 14.5. The summed E-state index contributed by atoms with van der Waals surface area (Å²) in [7, 11) is -3.36. The second kappa shape index (κ2) is 6.39. The van der Waals surface area contributed by atoms with Crippen molar-refractivity contribution >= 4 is 15.7 Å². The molecule has 2 aromatic heterocycles. The lowest BCUT2D eigenvalue weighted by Crippen LogP contribution is -2.39. The Morgan fingerprint density at radius 2 is 2.29 bits per heavy atom. The second-order valence-corrected chi connectivity index (χ2v) is 8.03. The maximum atomic E-state index is 12.6. The first-order valence-corrected chi connectivity index (χ1v) is 9.77. The van der Waals surface area contributed by atoms with Crippen molar-refractivity contribution in [1.82, 2.24) is 20.3 Å². The van der Waals surface area contributed by atoms with E-state index >= 15 is 0 Å². The zero-order valence-electron chi connectivity index (χ0n) is 13.7. The number of H-pyrrole nitrogens is 1. The van der Waals surface area contributed by atoms with Gasteiger partial charge in [-0.05, 0) is 19.3 Å². The topological polar surface area (TPSA) is 109 Å². The molecule has 24 heavy (non-hydrogen) atoms. The lowest BCUT2D eigenvalue weighted by Gasteiger charge is -2.31. The molecule has 1 N–H and O–H groups in total. The van der Waals surface area contributed by atoms with Crippen molar-refractivity contribution in [3.05, 3.63) is 29.4 Å². The Labute approximate surface area is 140 Å². The summed E-state index contributed by atoms with van der Waals surface area (Å²) in [5.41, 5.74) is 1.31. The van der Waals surface area contributed by atoms with Crippen LogP contribution in [0, 0.1) is 0 Å². The Morgan fingerprint density at radius 3 is 2.96 bits per heavy atom. The van der Waals surface area contributed by atoms with Gasteiger partial charge in [0.25, 0.3) is 5.91 Å². The molecule has 8 nitrogen and oxygen atoms in total. The molecule has 0 unspecified atom stereocenters. The summed E-state index contributed by atoms with van der Waals surface area (Å²) < 4.78 is 28.8. The highest BCUT2D eigenvalue weighted by Gasteiger charge is 2.31. The largest absolute Gasteiger partial charge is 0.351 e. The van der Waals surface area contributed by atoms with Crippen molar-refractivity contribution in [3.63, 3.8) is 0 Å². The van der Waals surface area contributed by atoms with Crippen LogP contribution in [-0.4, -0.2) is 53.9 Å². The van der Waals surface area contributed by atoms with Gasteiger partial charge in [-0.3, -0.25) is 9.89 Å². The van der Waals surface area contributed by atoms with Gasteiger partial charge in [-0.1, -0.05) is 12.1 Å². The predicted octanol–water partition coefficient (Wildman–Crippen LogP) is 1.38. The highest BCUT2D eigenvalue weighted by Crippen LogP contribution is 2.30. The number of hydrogen-bond acceptors (Lipinski definition) is 6. The van der Waals surface area contributed by atoms with Gasteiger partial charge in [-0.2, -0.15) is 5.10 Å². The molecule has 1 saturated heterocycles. The van der Waals surface area contributed by atoms with Crippen LogP contribution in [0.3, 0.4) is 0 Å². The summed E-state index contributed by atoms with van der Waals surface area (Å²) in [6, 6.07) is 1.66. The Bertz CT molecular complexity index is 839. The number of sulfone groups is 1. The van der Waals surface area contributed by atoms with E-state index in [-0.39, 0.29) is 22.5 Å². The number of likely N-dealkylation sites (tertiary alicyclic amines) is 1. The molecule has 3 heterocycles. The Morgan fingerprint density at radius 1 is 1.50 bits per heavy atom. The molecule has 1 amide bonds. The number of aryl methyl sites for hydroxylation is 1. The number of hydrogen-bond donors (Lipinski definition) is 1. The number of amides is 1. The van der Waals surface area contributed by atoms with Crippen LogP contribution in [0.1, 0.15) is 47.6 Å². The predicted molar refractivity (Wildman–Crippen MR) is 85.5 cm³/mol. The fourth-order valence-corrected chi connectivity index (χ4v) is 3.86. The zero-order chi connectivity index (χ0) is 17.3. The molecule has 0 radical (unpaired) electrons. The molecule has 1 atom stereocenters. The van der Waals surface area contributed by atoms with E-state index in [0.717, 1.165) is 24.8 Å². The molecule has 0 aliphatic carbocycles. The van der Waals surface area contributed by atoms with Crippen molar-refractivity contribution < 1.29 is 17.7 Å². The van der Waals surface area contributed by atoms with Crippen LogP contribution in [0.4, 0.5) is 0 Å². The van der Waals surface area contributed by atoms with Gasteiger partial charge in [0.2, 0.25) is 5.76 Å². The third-order valence-corrected chi connectivity index (χ3v) is 5.40. The van der Waals surface area contributed by atoms with Gasteiger partial charge in [0, 0.05) is 31.3 Å². The van der Waals surface area contributed by atoms with Crippen LogP contribution in [0.2, 0.25) is 0 Å². The van der Waals surface area contributed by atoms with Gasteiger partial charge in [-0.25, -0.2) is 8.42 Å². The number of aromatic amines is 1. The lowest BCUT2D eigenvalue weighted by molar-refractivity contribution is 0.0663. The molecule has 1 aliphatic rings. The minimum atomic E-state index is -3.36. The number of nitrogens with zero attached hydrogens (tertiary/aromatic N) is 3. The highest BCUT2D eigenvalue weighted by atomic mass is 32.2. The van der Waals surface area contributed by atoms with Crippen LogP contribution in [0.5, 0.6) is 0 Å². The quantitative estimate of drug-likeness (QED) is 0.890. The van der Waals surface area contributed by atoms with E-state index < -0.39 is 9.84 Å². The van der Waals surface area contributed by atoms with Crippen LogP contribution in [0.25, 0.3) is 0 Å². The first kappa shape index (κ1) is 16.7. The van der Waals surface area contributed by atoms with E-state index in [2.05, 4.69) is 15.4 Å². The average Bonchev–Trinajstić information content (AvgIpc) is 3.23. The van der Waals surface area contributed by atoms with Gasteiger partial charge in [-0.15, -0.1) is 0 Å². The number of nitrogens with one attached hydrogen (secondary N) is 1. The van der Waals surface area contributed by atoms with Crippen LogP contribution >= 0.6 is 0 Å². The van der Waals surface area contributed by atoms with Crippen molar-refractivity contribution in [2.24, 2.45) is 0 Å². The SMILES string of the molecule is CCc1cc(C(=O)N2CCC[C@@H](c3[nH]ncc3S(C)(=O)=O)C2)on1. The molecular weight excluding hydrogens is 332 g/mol. The van der Waals surface area contributed by atoms with Gasteiger partial charge in [0.15, 0.2) is 9.84 Å². The minimum Gasteiger partial charge on any atom is -0.351 e. The second-order valence-electron chi connectivity index (χ2n) is 6.05. The van der Waals surface area contributed by atoms with E-state index in [4.69, 9.17) is 4.52 Å². The Hall–Kier alpha value is -2.16.